The quantitative estimate of drug-likeness (QED) is 0.655. The maximum Gasteiger partial charge on any atom is 0.0581 e. The first kappa shape index (κ1) is 18.8. The third-order valence-electron chi connectivity index (χ3n) is 4.63. The fraction of sp³-hybridized carbons (Fsp3) is 1.00. The van der Waals surface area contributed by atoms with E-state index in [-0.39, 0.29) is 16.6 Å². The van der Waals surface area contributed by atoms with Gasteiger partial charge < -0.3 is 17.2 Å². The van der Waals surface area contributed by atoms with Crippen LogP contribution in [-0.2, 0) is 0 Å². The molecular weight excluding hydrogens is 264 g/mol. The van der Waals surface area contributed by atoms with Crippen molar-refractivity contribution < 1.29 is 0 Å². The zero-order valence-electron chi connectivity index (χ0n) is 14.8. The van der Waals surface area contributed by atoms with Gasteiger partial charge in [0.25, 0.3) is 0 Å². The lowest BCUT2D eigenvalue weighted by atomic mass is 9.98. The summed E-state index contributed by atoms with van der Waals surface area (Å²) in [4.78, 5) is 0. The lowest BCUT2D eigenvalue weighted by molar-refractivity contribution is -0.312. The third kappa shape index (κ3) is 3.75. The number of hydrogen-bond donors (Lipinski definition) is 3. The molecule has 0 bridgehead atoms. The van der Waals surface area contributed by atoms with E-state index >= 15 is 0 Å². The molecule has 6 heteroatoms. The van der Waals surface area contributed by atoms with Crippen molar-refractivity contribution in [3.63, 3.8) is 0 Å². The monoisotopic (exact) mass is 300 g/mol. The van der Waals surface area contributed by atoms with Gasteiger partial charge in [-0.15, -0.1) is 0 Å². The van der Waals surface area contributed by atoms with E-state index in [9.17, 15) is 0 Å². The molecule has 1 fully saturated rings. The molecule has 1 aliphatic rings. The smallest absolute Gasteiger partial charge is 0.0581 e. The van der Waals surface area contributed by atoms with E-state index < -0.39 is 0 Å². The summed E-state index contributed by atoms with van der Waals surface area (Å²) < 4.78 is 0. The molecule has 0 atom stereocenters. The Morgan fingerprint density at radius 2 is 1.00 bits per heavy atom. The van der Waals surface area contributed by atoms with Gasteiger partial charge in [0.2, 0.25) is 0 Å². The van der Waals surface area contributed by atoms with Crippen molar-refractivity contribution in [2.45, 2.75) is 64.6 Å². The van der Waals surface area contributed by atoms with E-state index in [1.807, 2.05) is 0 Å². The summed E-state index contributed by atoms with van der Waals surface area (Å²) in [6.07, 6.45) is 1.10. The Hall–Kier alpha value is -0.240. The molecule has 0 aromatic carbocycles. The lowest BCUT2D eigenvalue weighted by Gasteiger charge is -2.61. The Kier molecular flexibility index (Phi) is 5.80. The van der Waals surface area contributed by atoms with Gasteiger partial charge in [0, 0.05) is 43.8 Å². The number of hydrazine groups is 2. The molecule has 21 heavy (non-hydrogen) atoms. The van der Waals surface area contributed by atoms with Crippen molar-refractivity contribution in [3.05, 3.63) is 0 Å². The second-order valence-electron chi connectivity index (χ2n) is 7.94. The fourth-order valence-corrected chi connectivity index (χ4v) is 2.75. The summed E-state index contributed by atoms with van der Waals surface area (Å²) in [5.74, 6) is 0. The average Bonchev–Trinajstić information content (AvgIpc) is 2.46. The molecule has 0 unspecified atom stereocenters. The van der Waals surface area contributed by atoms with Gasteiger partial charge in [0.15, 0.2) is 0 Å². The van der Waals surface area contributed by atoms with Crippen LogP contribution in [0.2, 0.25) is 0 Å². The van der Waals surface area contributed by atoms with Crippen LogP contribution in [0.25, 0.3) is 0 Å². The highest BCUT2D eigenvalue weighted by Gasteiger charge is 2.46. The number of hydrogen-bond acceptors (Lipinski definition) is 6. The van der Waals surface area contributed by atoms with E-state index in [2.05, 4.69) is 56.7 Å². The highest BCUT2D eigenvalue weighted by Crippen LogP contribution is 2.33. The van der Waals surface area contributed by atoms with Crippen molar-refractivity contribution in [1.29, 1.82) is 0 Å². The first-order chi connectivity index (χ1) is 9.53. The molecule has 0 amide bonds. The third-order valence-corrected chi connectivity index (χ3v) is 4.63. The molecule has 0 aromatic heterocycles. The van der Waals surface area contributed by atoms with Crippen molar-refractivity contribution in [2.24, 2.45) is 17.2 Å². The number of nitrogens with two attached hydrogens (primary N) is 3. The van der Waals surface area contributed by atoms with Crippen LogP contribution in [-0.4, -0.2) is 64.5 Å². The van der Waals surface area contributed by atoms with Gasteiger partial charge >= 0.3 is 0 Å². The first-order valence-corrected chi connectivity index (χ1v) is 7.99. The minimum atomic E-state index is -0.181. The topological polar surface area (TPSA) is 87.8 Å². The van der Waals surface area contributed by atoms with Crippen LogP contribution in [0.3, 0.4) is 0 Å². The standard InChI is InChI=1S/C15H36N6/c1-13(2,10-16)19-8-7-9-20(14(3,4)11-17)21(19)15(5,6)12-18/h7-12,16-18H2,1-6H3. The number of rotatable bonds is 6. The van der Waals surface area contributed by atoms with Gasteiger partial charge in [-0.05, 0) is 48.0 Å². The highest BCUT2D eigenvalue weighted by atomic mass is 15.9. The summed E-state index contributed by atoms with van der Waals surface area (Å²) in [6, 6.07) is 0. The summed E-state index contributed by atoms with van der Waals surface area (Å²) in [6.45, 7) is 16.8. The Morgan fingerprint density at radius 3 is 1.29 bits per heavy atom. The van der Waals surface area contributed by atoms with Gasteiger partial charge in [-0.1, -0.05) is 0 Å². The van der Waals surface area contributed by atoms with Crippen LogP contribution < -0.4 is 17.2 Å². The van der Waals surface area contributed by atoms with Gasteiger partial charge in [0.1, 0.15) is 0 Å². The molecule has 126 valence electrons. The van der Waals surface area contributed by atoms with Gasteiger partial charge in [-0.3, -0.25) is 0 Å². The van der Waals surface area contributed by atoms with Crippen molar-refractivity contribution in [3.8, 4) is 0 Å². The largest absolute Gasteiger partial charge is 0.329 e. The molecule has 1 rings (SSSR count). The summed E-state index contributed by atoms with van der Waals surface area (Å²) in [5.41, 5.74) is 17.7. The molecular formula is C15H36N6. The van der Waals surface area contributed by atoms with E-state index in [0.717, 1.165) is 19.5 Å². The fourth-order valence-electron chi connectivity index (χ4n) is 2.75. The zero-order chi connectivity index (χ0) is 16.5. The van der Waals surface area contributed by atoms with E-state index in [1.165, 1.54) is 0 Å². The number of nitrogens with zero attached hydrogens (tertiary/aromatic N) is 3. The first-order valence-electron chi connectivity index (χ1n) is 7.99. The molecule has 6 nitrogen and oxygen atoms in total. The molecule has 0 aliphatic carbocycles. The summed E-state index contributed by atoms with van der Waals surface area (Å²) in [7, 11) is 0. The van der Waals surface area contributed by atoms with Crippen LogP contribution in [0.5, 0.6) is 0 Å². The van der Waals surface area contributed by atoms with Crippen LogP contribution in [0.15, 0.2) is 0 Å². The normalized spacial score (nSPS) is 21.0. The average molecular weight is 300 g/mol. The molecule has 0 spiro atoms. The predicted octanol–water partition coefficient (Wildman–Crippen LogP) is 0.338. The summed E-state index contributed by atoms with van der Waals surface area (Å²) >= 11 is 0. The molecule has 1 saturated heterocycles. The Morgan fingerprint density at radius 1 is 0.667 bits per heavy atom. The molecule has 0 radical (unpaired) electrons. The molecule has 0 aromatic rings. The van der Waals surface area contributed by atoms with Crippen LogP contribution in [0.1, 0.15) is 48.0 Å². The van der Waals surface area contributed by atoms with Crippen molar-refractivity contribution in [2.75, 3.05) is 32.7 Å². The minimum Gasteiger partial charge on any atom is -0.329 e. The zero-order valence-corrected chi connectivity index (χ0v) is 14.8. The van der Waals surface area contributed by atoms with E-state index in [4.69, 9.17) is 17.2 Å². The maximum absolute atomic E-state index is 6.07. The van der Waals surface area contributed by atoms with E-state index in [0.29, 0.717) is 19.6 Å². The Bertz CT molecular complexity index is 315. The van der Waals surface area contributed by atoms with E-state index in [1.54, 1.807) is 0 Å². The molecule has 0 saturated carbocycles. The van der Waals surface area contributed by atoms with Gasteiger partial charge in [0.05, 0.1) is 5.54 Å². The Labute approximate surface area is 130 Å². The molecule has 1 aliphatic heterocycles. The maximum atomic E-state index is 6.07. The highest BCUT2D eigenvalue weighted by molar-refractivity contribution is 4.93. The van der Waals surface area contributed by atoms with Gasteiger partial charge in [-0.25, -0.2) is 10.0 Å². The van der Waals surface area contributed by atoms with Crippen molar-refractivity contribution in [1.82, 2.24) is 15.1 Å². The lowest BCUT2D eigenvalue weighted by Crippen LogP contribution is -2.76. The van der Waals surface area contributed by atoms with Crippen LogP contribution >= 0.6 is 0 Å². The SMILES string of the molecule is CC(C)(CN)N1CCCN(C(C)(C)CN)N1C(C)(C)CN. The molecule has 1 heterocycles. The second kappa shape index (κ2) is 6.48. The van der Waals surface area contributed by atoms with Crippen molar-refractivity contribution >= 4 is 0 Å². The second-order valence-corrected chi connectivity index (χ2v) is 7.94. The van der Waals surface area contributed by atoms with Gasteiger partial charge in [-0.2, -0.15) is 5.12 Å². The molecule has 6 N–H and O–H groups in total. The summed E-state index contributed by atoms with van der Waals surface area (Å²) in [5, 5.41) is 7.08. The Balaban J connectivity index is 3.26. The predicted molar refractivity (Wildman–Crippen MR) is 89.3 cm³/mol. The van der Waals surface area contributed by atoms with Crippen LogP contribution in [0.4, 0.5) is 0 Å². The minimum absolute atomic E-state index is 0.115. The van der Waals surface area contributed by atoms with Crippen LogP contribution in [0, 0.1) is 0 Å².